The first-order chi connectivity index (χ1) is 16.0. The molecule has 0 bridgehead atoms. The predicted octanol–water partition coefficient (Wildman–Crippen LogP) is 6.05. The highest BCUT2D eigenvalue weighted by atomic mass is 16.5. The third-order valence-electron chi connectivity index (χ3n) is 6.84. The fourth-order valence-corrected chi connectivity index (χ4v) is 5.16. The van der Waals surface area contributed by atoms with E-state index in [1.165, 1.54) is 31.6 Å². The Balaban J connectivity index is 1.44. The highest BCUT2D eigenvalue weighted by molar-refractivity contribution is 5.95. The summed E-state index contributed by atoms with van der Waals surface area (Å²) in [7, 11) is 0. The minimum absolute atomic E-state index is 0.196. The van der Waals surface area contributed by atoms with Crippen LogP contribution in [0, 0.1) is 5.92 Å². The number of hydrogen-bond acceptors (Lipinski definition) is 4. The summed E-state index contributed by atoms with van der Waals surface area (Å²) in [4.78, 5) is 2.53. The van der Waals surface area contributed by atoms with Crippen LogP contribution >= 0.6 is 0 Å². The van der Waals surface area contributed by atoms with Gasteiger partial charge in [0, 0.05) is 30.3 Å². The molecule has 4 heteroatoms. The number of hydrogen-bond donors (Lipinski definition) is 2. The van der Waals surface area contributed by atoms with Crippen LogP contribution in [-0.2, 0) is 6.42 Å². The van der Waals surface area contributed by atoms with Crippen LogP contribution in [0.5, 0.6) is 17.2 Å². The molecule has 4 nitrogen and oxygen atoms in total. The Morgan fingerprint density at radius 3 is 2.30 bits per heavy atom. The van der Waals surface area contributed by atoms with Gasteiger partial charge >= 0.3 is 0 Å². The molecule has 0 spiro atoms. The molecule has 0 unspecified atom stereocenters. The normalized spacial score (nSPS) is 18.5. The van der Waals surface area contributed by atoms with Crippen molar-refractivity contribution in [3.05, 3.63) is 89.0 Å². The fraction of sp³-hybridized carbons (Fsp3) is 0.310. The lowest BCUT2D eigenvalue weighted by molar-refractivity contribution is 0.101. The van der Waals surface area contributed by atoms with Gasteiger partial charge in [0.1, 0.15) is 23.4 Å². The van der Waals surface area contributed by atoms with Gasteiger partial charge in [-0.15, -0.1) is 0 Å². The molecule has 1 saturated heterocycles. The van der Waals surface area contributed by atoms with Gasteiger partial charge in [-0.1, -0.05) is 43.3 Å². The van der Waals surface area contributed by atoms with Crippen molar-refractivity contribution >= 4 is 11.1 Å². The van der Waals surface area contributed by atoms with Crippen molar-refractivity contribution in [2.75, 3.05) is 19.6 Å². The second-order valence-electron chi connectivity index (χ2n) is 9.34. The molecule has 2 aliphatic rings. The molecule has 3 aromatic carbocycles. The average Bonchev–Trinajstić information content (AvgIpc) is 2.79. The Kier molecular flexibility index (Phi) is 5.86. The third-order valence-corrected chi connectivity index (χ3v) is 6.84. The minimum Gasteiger partial charge on any atom is -0.508 e. The van der Waals surface area contributed by atoms with Crippen molar-refractivity contribution in [2.45, 2.75) is 32.8 Å². The zero-order chi connectivity index (χ0) is 22.9. The van der Waals surface area contributed by atoms with Gasteiger partial charge in [-0.3, -0.25) is 0 Å². The molecule has 5 rings (SSSR count). The van der Waals surface area contributed by atoms with Crippen molar-refractivity contribution in [1.29, 1.82) is 0 Å². The molecule has 2 aliphatic heterocycles. The Labute approximate surface area is 195 Å². The van der Waals surface area contributed by atoms with E-state index in [1.54, 1.807) is 24.3 Å². The molecular formula is C29H31NO3. The summed E-state index contributed by atoms with van der Waals surface area (Å²) in [5, 5.41) is 19.8. The van der Waals surface area contributed by atoms with Gasteiger partial charge in [0.25, 0.3) is 0 Å². The highest BCUT2D eigenvalue weighted by Gasteiger charge is 2.30. The zero-order valence-corrected chi connectivity index (χ0v) is 19.3. The third kappa shape index (κ3) is 4.36. The number of benzene rings is 3. The van der Waals surface area contributed by atoms with Gasteiger partial charge in [-0.05, 0) is 78.8 Å². The first kappa shape index (κ1) is 21.6. The van der Waals surface area contributed by atoms with Crippen LogP contribution < -0.4 is 4.74 Å². The first-order valence-corrected chi connectivity index (χ1v) is 11.8. The second kappa shape index (κ2) is 8.95. The van der Waals surface area contributed by atoms with Crippen molar-refractivity contribution in [1.82, 2.24) is 4.90 Å². The quantitative estimate of drug-likeness (QED) is 0.489. The zero-order valence-electron chi connectivity index (χ0n) is 19.3. The first-order valence-electron chi connectivity index (χ1n) is 11.8. The van der Waals surface area contributed by atoms with Crippen LogP contribution in [0.1, 0.15) is 48.6 Å². The Morgan fingerprint density at radius 2 is 1.61 bits per heavy atom. The number of nitrogens with zero attached hydrogens (tertiary/aromatic N) is 1. The maximum absolute atomic E-state index is 10.0. The van der Waals surface area contributed by atoms with E-state index < -0.39 is 0 Å². The number of rotatable bonds is 6. The van der Waals surface area contributed by atoms with E-state index in [1.807, 2.05) is 18.2 Å². The van der Waals surface area contributed by atoms with Gasteiger partial charge < -0.3 is 19.8 Å². The standard InChI is InChI=1S/C29H31NO3/c1-3-14-30-17-21(18-30)15-20-4-6-23(7-5-20)29-28(22-8-10-24(31)11-9-22)19(2)26-13-12-25(32)16-27(26)33-29/h4-13,16,21,29,31-32H,3,14-15,17-18H2,1-2H3/t29-/m1/s1. The summed E-state index contributed by atoms with van der Waals surface area (Å²) in [6.45, 7) is 7.95. The monoisotopic (exact) mass is 441 g/mol. The summed E-state index contributed by atoms with van der Waals surface area (Å²) < 4.78 is 6.47. The summed E-state index contributed by atoms with van der Waals surface area (Å²) in [6, 6.07) is 21.4. The number of aromatic hydroxyl groups is 2. The lowest BCUT2D eigenvalue weighted by Crippen LogP contribution is -2.47. The van der Waals surface area contributed by atoms with Gasteiger partial charge in [0.2, 0.25) is 0 Å². The molecule has 0 aliphatic carbocycles. The number of allylic oxidation sites excluding steroid dienone is 1. The molecule has 170 valence electrons. The lowest BCUT2D eigenvalue weighted by atomic mass is 9.85. The number of phenols is 2. The summed E-state index contributed by atoms with van der Waals surface area (Å²) >= 11 is 0. The second-order valence-corrected chi connectivity index (χ2v) is 9.34. The number of phenolic OH excluding ortho intramolecular Hbond substituents is 2. The number of likely N-dealkylation sites (tertiary alicyclic amines) is 1. The van der Waals surface area contributed by atoms with Crippen LogP contribution in [0.15, 0.2) is 66.7 Å². The van der Waals surface area contributed by atoms with Crippen LogP contribution in [0.4, 0.5) is 0 Å². The smallest absolute Gasteiger partial charge is 0.150 e. The van der Waals surface area contributed by atoms with Crippen LogP contribution in [-0.4, -0.2) is 34.7 Å². The molecule has 1 fully saturated rings. The summed E-state index contributed by atoms with van der Waals surface area (Å²) in [6.07, 6.45) is 2.05. The molecule has 2 N–H and O–H groups in total. The van der Waals surface area contributed by atoms with Crippen LogP contribution in [0.25, 0.3) is 11.1 Å². The maximum Gasteiger partial charge on any atom is 0.150 e. The predicted molar refractivity (Wildman–Crippen MR) is 132 cm³/mol. The van der Waals surface area contributed by atoms with Gasteiger partial charge in [0.15, 0.2) is 0 Å². The topological polar surface area (TPSA) is 52.9 Å². The average molecular weight is 442 g/mol. The Hall–Kier alpha value is -3.24. The van der Waals surface area contributed by atoms with Crippen molar-refractivity contribution in [2.24, 2.45) is 5.92 Å². The molecule has 0 saturated carbocycles. The highest BCUT2D eigenvalue weighted by Crippen LogP contribution is 2.47. The largest absolute Gasteiger partial charge is 0.508 e. The molecule has 2 heterocycles. The Morgan fingerprint density at radius 1 is 0.909 bits per heavy atom. The fourth-order valence-electron chi connectivity index (χ4n) is 5.16. The number of ether oxygens (including phenoxy) is 1. The van der Waals surface area contributed by atoms with E-state index >= 15 is 0 Å². The van der Waals surface area contributed by atoms with Crippen LogP contribution in [0.3, 0.4) is 0 Å². The maximum atomic E-state index is 10.0. The molecule has 0 amide bonds. The van der Waals surface area contributed by atoms with Gasteiger partial charge in [-0.25, -0.2) is 0 Å². The van der Waals surface area contributed by atoms with Gasteiger partial charge in [-0.2, -0.15) is 0 Å². The van der Waals surface area contributed by atoms with E-state index in [9.17, 15) is 10.2 Å². The molecule has 3 aromatic rings. The molecule has 33 heavy (non-hydrogen) atoms. The van der Waals surface area contributed by atoms with E-state index in [2.05, 4.69) is 43.0 Å². The van der Waals surface area contributed by atoms with E-state index in [4.69, 9.17) is 4.74 Å². The SMILES string of the molecule is CCCN1CC(Cc2ccc([C@H]3Oc4cc(O)ccc4C(C)=C3c3ccc(O)cc3)cc2)C1. The Bertz CT molecular complexity index is 1160. The minimum atomic E-state index is -0.290. The molecular weight excluding hydrogens is 410 g/mol. The van der Waals surface area contributed by atoms with Crippen molar-refractivity contribution in [3.63, 3.8) is 0 Å². The van der Waals surface area contributed by atoms with Crippen molar-refractivity contribution in [3.8, 4) is 17.2 Å². The summed E-state index contributed by atoms with van der Waals surface area (Å²) in [5.74, 6) is 1.88. The molecule has 1 atom stereocenters. The molecule has 0 aromatic heterocycles. The lowest BCUT2D eigenvalue weighted by Gasteiger charge is -2.39. The van der Waals surface area contributed by atoms with E-state index in [-0.39, 0.29) is 17.6 Å². The van der Waals surface area contributed by atoms with Crippen molar-refractivity contribution < 1.29 is 14.9 Å². The summed E-state index contributed by atoms with van der Waals surface area (Å²) in [5.41, 5.74) is 6.63. The van der Waals surface area contributed by atoms with Gasteiger partial charge in [0.05, 0.1) is 0 Å². The van der Waals surface area contributed by atoms with Crippen LogP contribution in [0.2, 0.25) is 0 Å². The molecule has 0 radical (unpaired) electrons. The van der Waals surface area contributed by atoms with E-state index in [0.29, 0.717) is 5.75 Å². The number of fused-ring (bicyclic) bond motifs is 1. The van der Waals surface area contributed by atoms with E-state index in [0.717, 1.165) is 40.2 Å².